The Labute approximate surface area is 198 Å². The fourth-order valence-electron chi connectivity index (χ4n) is 5.05. The first kappa shape index (κ1) is 25.3. The Bertz CT molecular complexity index is 1190. The van der Waals surface area contributed by atoms with Gasteiger partial charge in [-0.1, -0.05) is 31.9 Å². The number of halogens is 7. The molecule has 1 aliphatic carbocycles. The van der Waals surface area contributed by atoms with E-state index in [9.17, 15) is 22.0 Å². The molecule has 35 heavy (non-hydrogen) atoms. The first-order valence-corrected chi connectivity index (χ1v) is 11.7. The van der Waals surface area contributed by atoms with E-state index in [1.54, 1.807) is 0 Å². The summed E-state index contributed by atoms with van der Waals surface area (Å²) in [6, 6.07) is 7.01. The van der Waals surface area contributed by atoms with Gasteiger partial charge in [0.25, 0.3) is 0 Å². The molecule has 0 unspecified atom stereocenters. The Kier molecular flexibility index (Phi) is 7.29. The maximum Gasteiger partial charge on any atom is 0.422 e. The predicted octanol–water partition coefficient (Wildman–Crippen LogP) is 9.08. The van der Waals surface area contributed by atoms with Crippen molar-refractivity contribution in [2.24, 2.45) is 5.92 Å². The number of ether oxygens (including phenoxy) is 1. The van der Waals surface area contributed by atoms with Crippen LogP contribution in [0.3, 0.4) is 0 Å². The summed E-state index contributed by atoms with van der Waals surface area (Å²) >= 11 is 0. The lowest BCUT2D eigenvalue weighted by atomic mass is 9.77. The standard InChI is InChI=1S/C27H25F7O/c1-2-3-15-4-6-16(7-5-15)18-11-21(28)24(22(29)12-18)17-8-9-20-19(10-17)13-23(30)26(25(20)31)35-14-27(32,33)34/h8-13,15-16H,2-7,14H2,1H3. The van der Waals surface area contributed by atoms with Gasteiger partial charge in [-0.2, -0.15) is 13.2 Å². The van der Waals surface area contributed by atoms with Crippen molar-refractivity contribution in [2.75, 3.05) is 6.61 Å². The number of hydrogen-bond donors (Lipinski definition) is 0. The number of fused-ring (bicyclic) bond motifs is 1. The van der Waals surface area contributed by atoms with Crippen molar-refractivity contribution in [3.63, 3.8) is 0 Å². The maximum absolute atomic E-state index is 15.1. The molecule has 1 saturated carbocycles. The summed E-state index contributed by atoms with van der Waals surface area (Å²) in [5, 5.41) is -0.289. The number of benzene rings is 3. The van der Waals surface area contributed by atoms with Crippen LogP contribution in [0.25, 0.3) is 21.9 Å². The highest BCUT2D eigenvalue weighted by molar-refractivity contribution is 5.89. The average Bonchev–Trinajstić information content (AvgIpc) is 2.78. The van der Waals surface area contributed by atoms with Crippen molar-refractivity contribution in [1.82, 2.24) is 0 Å². The molecule has 0 atom stereocenters. The maximum atomic E-state index is 15.1. The number of hydrogen-bond acceptors (Lipinski definition) is 1. The lowest BCUT2D eigenvalue weighted by Gasteiger charge is -2.29. The normalized spacial score (nSPS) is 18.7. The van der Waals surface area contributed by atoms with Gasteiger partial charge in [0, 0.05) is 5.39 Å². The van der Waals surface area contributed by atoms with Crippen LogP contribution in [-0.2, 0) is 0 Å². The van der Waals surface area contributed by atoms with E-state index in [4.69, 9.17) is 0 Å². The van der Waals surface area contributed by atoms with Crippen molar-refractivity contribution in [3.05, 3.63) is 65.2 Å². The zero-order valence-corrected chi connectivity index (χ0v) is 19.1. The summed E-state index contributed by atoms with van der Waals surface area (Å²) < 4.78 is 101. The lowest BCUT2D eigenvalue weighted by Crippen LogP contribution is -2.20. The van der Waals surface area contributed by atoms with Gasteiger partial charge in [0.05, 0.1) is 5.56 Å². The van der Waals surface area contributed by atoms with E-state index in [1.807, 2.05) is 0 Å². The van der Waals surface area contributed by atoms with Crippen LogP contribution in [0.1, 0.15) is 56.9 Å². The second-order valence-electron chi connectivity index (χ2n) is 9.21. The molecular formula is C27H25F7O. The Balaban J connectivity index is 1.63. The molecule has 1 aliphatic rings. The monoisotopic (exact) mass is 498 g/mol. The van der Waals surface area contributed by atoms with Gasteiger partial charge in [0.15, 0.2) is 24.0 Å². The van der Waals surface area contributed by atoms with E-state index < -0.39 is 41.8 Å². The SMILES string of the molecule is CCCC1CCC(c2cc(F)c(-c3ccc4c(F)c(OCC(F)(F)F)c(F)cc4c3)c(F)c2)CC1. The minimum Gasteiger partial charge on any atom is -0.478 e. The molecule has 188 valence electrons. The van der Waals surface area contributed by atoms with E-state index >= 15 is 8.78 Å². The third-order valence-corrected chi connectivity index (χ3v) is 6.73. The first-order chi connectivity index (χ1) is 16.6. The Hall–Kier alpha value is -2.77. The van der Waals surface area contributed by atoms with Crippen LogP contribution in [0.15, 0.2) is 36.4 Å². The molecule has 0 N–H and O–H groups in total. The highest BCUT2D eigenvalue weighted by atomic mass is 19.4. The predicted molar refractivity (Wildman–Crippen MR) is 120 cm³/mol. The fourth-order valence-corrected chi connectivity index (χ4v) is 5.05. The highest BCUT2D eigenvalue weighted by Crippen LogP contribution is 2.40. The third-order valence-electron chi connectivity index (χ3n) is 6.73. The summed E-state index contributed by atoms with van der Waals surface area (Å²) in [7, 11) is 0. The molecule has 0 aromatic heterocycles. The second-order valence-corrected chi connectivity index (χ2v) is 9.21. The minimum atomic E-state index is -4.77. The van der Waals surface area contributed by atoms with Gasteiger partial charge in [0.2, 0.25) is 0 Å². The zero-order chi connectivity index (χ0) is 25.3. The van der Waals surface area contributed by atoms with Gasteiger partial charge in [-0.05, 0) is 78.3 Å². The molecule has 8 heteroatoms. The van der Waals surface area contributed by atoms with Crippen LogP contribution in [0.4, 0.5) is 30.7 Å². The van der Waals surface area contributed by atoms with E-state index in [-0.39, 0.29) is 27.8 Å². The van der Waals surface area contributed by atoms with Crippen molar-refractivity contribution < 1.29 is 35.5 Å². The van der Waals surface area contributed by atoms with Gasteiger partial charge in [0.1, 0.15) is 11.6 Å². The second kappa shape index (κ2) is 10.1. The zero-order valence-electron chi connectivity index (χ0n) is 19.1. The molecule has 3 aromatic rings. The molecule has 0 radical (unpaired) electrons. The van der Waals surface area contributed by atoms with Crippen molar-refractivity contribution in [1.29, 1.82) is 0 Å². The van der Waals surface area contributed by atoms with E-state index in [0.29, 0.717) is 11.5 Å². The summed E-state index contributed by atoms with van der Waals surface area (Å²) in [6.45, 7) is 0.291. The van der Waals surface area contributed by atoms with Crippen LogP contribution >= 0.6 is 0 Å². The fraction of sp³-hybridized carbons (Fsp3) is 0.407. The molecule has 1 nitrogen and oxygen atoms in total. The van der Waals surface area contributed by atoms with Gasteiger partial charge < -0.3 is 4.74 Å². The van der Waals surface area contributed by atoms with Crippen molar-refractivity contribution in [3.8, 4) is 16.9 Å². The Morgan fingerprint density at radius 1 is 0.857 bits per heavy atom. The van der Waals surface area contributed by atoms with Crippen LogP contribution < -0.4 is 4.74 Å². The topological polar surface area (TPSA) is 9.23 Å². The first-order valence-electron chi connectivity index (χ1n) is 11.7. The number of alkyl halides is 3. The van der Waals surface area contributed by atoms with Gasteiger partial charge >= 0.3 is 6.18 Å². The summed E-state index contributed by atoms with van der Waals surface area (Å²) in [6.07, 6.45) is 1.31. The smallest absolute Gasteiger partial charge is 0.422 e. The Morgan fingerprint density at radius 2 is 1.51 bits per heavy atom. The van der Waals surface area contributed by atoms with E-state index in [2.05, 4.69) is 11.7 Å². The third kappa shape index (κ3) is 5.57. The average molecular weight is 498 g/mol. The molecule has 0 bridgehead atoms. The minimum absolute atomic E-state index is 0.0611. The summed E-state index contributed by atoms with van der Waals surface area (Å²) in [5.41, 5.74) is 0.338. The quantitative estimate of drug-likeness (QED) is 0.308. The summed E-state index contributed by atoms with van der Waals surface area (Å²) in [5.74, 6) is -4.63. The Morgan fingerprint density at radius 3 is 2.11 bits per heavy atom. The van der Waals surface area contributed by atoms with Gasteiger partial charge in [-0.15, -0.1) is 0 Å². The van der Waals surface area contributed by atoms with E-state index in [0.717, 1.165) is 50.7 Å². The molecule has 0 heterocycles. The molecule has 0 aliphatic heterocycles. The van der Waals surface area contributed by atoms with E-state index in [1.165, 1.54) is 24.3 Å². The highest BCUT2D eigenvalue weighted by Gasteiger charge is 2.30. The molecule has 1 fully saturated rings. The molecule has 3 aromatic carbocycles. The van der Waals surface area contributed by atoms with Crippen molar-refractivity contribution >= 4 is 10.8 Å². The molecule has 0 saturated heterocycles. The molecule has 0 spiro atoms. The molecule has 0 amide bonds. The van der Waals surface area contributed by atoms with Gasteiger partial charge in [-0.3, -0.25) is 0 Å². The lowest BCUT2D eigenvalue weighted by molar-refractivity contribution is -0.154. The van der Waals surface area contributed by atoms with Crippen LogP contribution in [0, 0.1) is 29.2 Å². The van der Waals surface area contributed by atoms with Gasteiger partial charge in [-0.25, -0.2) is 17.6 Å². The van der Waals surface area contributed by atoms with Crippen LogP contribution in [0.2, 0.25) is 0 Å². The largest absolute Gasteiger partial charge is 0.478 e. The molecule has 4 rings (SSSR count). The van der Waals surface area contributed by atoms with Crippen LogP contribution in [-0.4, -0.2) is 12.8 Å². The number of rotatable bonds is 6. The molecular weight excluding hydrogens is 473 g/mol. The summed E-state index contributed by atoms with van der Waals surface area (Å²) in [4.78, 5) is 0. The van der Waals surface area contributed by atoms with Crippen molar-refractivity contribution in [2.45, 2.75) is 57.5 Å². The van der Waals surface area contributed by atoms with Crippen LogP contribution in [0.5, 0.6) is 5.75 Å².